The molecule has 6 nitrogen and oxygen atoms in total. The first kappa shape index (κ1) is 19.8. The molecule has 26 heavy (non-hydrogen) atoms. The monoisotopic (exact) mass is 384 g/mol. The zero-order chi connectivity index (χ0) is 19.3. The van der Waals surface area contributed by atoms with E-state index in [0.717, 1.165) is 16.4 Å². The summed E-state index contributed by atoms with van der Waals surface area (Å²) in [6.45, 7) is 0.916. The summed E-state index contributed by atoms with van der Waals surface area (Å²) in [6, 6.07) is 8.60. The SMILES string of the molecule is CCN(CC(=O)Nc1ccccc1F)S(=O)(=O)c1cc(F)ccc1OC. The topological polar surface area (TPSA) is 75.7 Å². The molecule has 0 heterocycles. The number of nitrogens with one attached hydrogen (secondary N) is 1. The van der Waals surface area contributed by atoms with Crippen LogP contribution in [0.2, 0.25) is 0 Å². The molecule has 0 spiro atoms. The van der Waals surface area contributed by atoms with Gasteiger partial charge in [0.15, 0.2) is 0 Å². The van der Waals surface area contributed by atoms with Crippen LogP contribution >= 0.6 is 0 Å². The van der Waals surface area contributed by atoms with Gasteiger partial charge in [-0.2, -0.15) is 4.31 Å². The van der Waals surface area contributed by atoms with Crippen molar-refractivity contribution in [1.82, 2.24) is 4.31 Å². The maximum atomic E-state index is 13.6. The molecule has 0 aliphatic carbocycles. The third-order valence-corrected chi connectivity index (χ3v) is 5.51. The molecule has 1 N–H and O–H groups in total. The second-order valence-electron chi connectivity index (χ2n) is 5.25. The molecule has 2 rings (SSSR count). The fourth-order valence-corrected chi connectivity index (χ4v) is 3.84. The normalized spacial score (nSPS) is 11.4. The maximum absolute atomic E-state index is 13.6. The molecule has 140 valence electrons. The molecular weight excluding hydrogens is 366 g/mol. The highest BCUT2D eigenvalue weighted by Gasteiger charge is 2.29. The summed E-state index contributed by atoms with van der Waals surface area (Å²) >= 11 is 0. The number of likely N-dealkylation sites (N-methyl/N-ethyl adjacent to an activating group) is 1. The maximum Gasteiger partial charge on any atom is 0.247 e. The lowest BCUT2D eigenvalue weighted by Crippen LogP contribution is -2.38. The van der Waals surface area contributed by atoms with Crippen LogP contribution in [0.5, 0.6) is 5.75 Å². The van der Waals surface area contributed by atoms with Crippen molar-refractivity contribution >= 4 is 21.6 Å². The number of hydrogen-bond acceptors (Lipinski definition) is 4. The van der Waals surface area contributed by atoms with Gasteiger partial charge in [0.05, 0.1) is 19.3 Å². The molecule has 0 atom stereocenters. The molecule has 9 heteroatoms. The van der Waals surface area contributed by atoms with Gasteiger partial charge in [0, 0.05) is 6.54 Å². The Morgan fingerprint density at radius 3 is 2.50 bits per heavy atom. The van der Waals surface area contributed by atoms with E-state index < -0.39 is 34.1 Å². The summed E-state index contributed by atoms with van der Waals surface area (Å²) in [5.74, 6) is -2.16. The van der Waals surface area contributed by atoms with E-state index in [9.17, 15) is 22.0 Å². The Morgan fingerprint density at radius 2 is 1.88 bits per heavy atom. The van der Waals surface area contributed by atoms with Crippen LogP contribution < -0.4 is 10.1 Å². The standard InChI is InChI=1S/C17H18F2N2O4S/c1-3-21(11-17(22)20-14-7-5-4-6-13(14)19)26(23,24)16-10-12(18)8-9-15(16)25-2/h4-10H,3,11H2,1-2H3,(H,20,22). The third-order valence-electron chi connectivity index (χ3n) is 3.56. The highest BCUT2D eigenvalue weighted by Crippen LogP contribution is 2.27. The van der Waals surface area contributed by atoms with E-state index in [-0.39, 0.29) is 22.9 Å². The Labute approximate surface area is 150 Å². The molecule has 0 aliphatic rings. The molecule has 0 aliphatic heterocycles. The van der Waals surface area contributed by atoms with Gasteiger partial charge in [-0.05, 0) is 30.3 Å². The van der Waals surface area contributed by atoms with Crippen LogP contribution in [0.4, 0.5) is 14.5 Å². The van der Waals surface area contributed by atoms with E-state index in [1.54, 1.807) is 0 Å². The van der Waals surface area contributed by atoms with Crippen LogP contribution in [0, 0.1) is 11.6 Å². The minimum atomic E-state index is -4.20. The number of carbonyl (C=O) groups is 1. The van der Waals surface area contributed by atoms with Crippen molar-refractivity contribution in [3.05, 3.63) is 54.1 Å². The second-order valence-corrected chi connectivity index (χ2v) is 7.16. The average molecular weight is 384 g/mol. The van der Waals surface area contributed by atoms with Gasteiger partial charge in [-0.1, -0.05) is 19.1 Å². The first-order valence-corrected chi connectivity index (χ1v) is 9.11. The molecule has 2 aromatic carbocycles. The summed E-state index contributed by atoms with van der Waals surface area (Å²) in [4.78, 5) is 11.8. The number of hydrogen-bond donors (Lipinski definition) is 1. The van der Waals surface area contributed by atoms with Crippen molar-refractivity contribution in [2.24, 2.45) is 0 Å². The number of halogens is 2. The van der Waals surface area contributed by atoms with E-state index in [1.165, 1.54) is 44.4 Å². The summed E-state index contributed by atoms with van der Waals surface area (Å²) in [7, 11) is -2.94. The number of amides is 1. The van der Waals surface area contributed by atoms with Gasteiger partial charge in [-0.25, -0.2) is 17.2 Å². The lowest BCUT2D eigenvalue weighted by Gasteiger charge is -2.21. The van der Waals surface area contributed by atoms with Crippen LogP contribution in [0.15, 0.2) is 47.4 Å². The Kier molecular flexibility index (Phi) is 6.27. The summed E-state index contributed by atoms with van der Waals surface area (Å²) in [5, 5.41) is 2.31. The number of anilines is 1. The number of sulfonamides is 1. The molecule has 2 aromatic rings. The highest BCUT2D eigenvalue weighted by molar-refractivity contribution is 7.89. The first-order valence-electron chi connectivity index (χ1n) is 7.67. The van der Waals surface area contributed by atoms with Gasteiger partial charge in [0.25, 0.3) is 0 Å². The van der Waals surface area contributed by atoms with E-state index in [1.807, 2.05) is 0 Å². The zero-order valence-electron chi connectivity index (χ0n) is 14.2. The van der Waals surface area contributed by atoms with E-state index in [4.69, 9.17) is 4.74 Å². The summed E-state index contributed by atoms with van der Waals surface area (Å²) < 4.78 is 58.5. The average Bonchev–Trinajstić information content (AvgIpc) is 2.61. The second kappa shape index (κ2) is 8.24. The number of carbonyl (C=O) groups excluding carboxylic acids is 1. The van der Waals surface area contributed by atoms with E-state index >= 15 is 0 Å². The number of benzene rings is 2. The highest BCUT2D eigenvalue weighted by atomic mass is 32.2. The Balaban J connectivity index is 2.26. The quantitative estimate of drug-likeness (QED) is 0.796. The lowest BCUT2D eigenvalue weighted by molar-refractivity contribution is -0.116. The third kappa shape index (κ3) is 4.36. The molecular formula is C17H18F2N2O4S. The zero-order valence-corrected chi connectivity index (χ0v) is 15.0. The summed E-state index contributed by atoms with van der Waals surface area (Å²) in [5.41, 5.74) is -0.0608. The van der Waals surface area contributed by atoms with E-state index in [0.29, 0.717) is 0 Å². The summed E-state index contributed by atoms with van der Waals surface area (Å²) in [6.07, 6.45) is 0. The van der Waals surface area contributed by atoms with Gasteiger partial charge in [0.2, 0.25) is 15.9 Å². The van der Waals surface area contributed by atoms with Crippen LogP contribution in [0.25, 0.3) is 0 Å². The number of nitrogens with zero attached hydrogens (tertiary/aromatic N) is 1. The van der Waals surface area contributed by atoms with Gasteiger partial charge in [-0.15, -0.1) is 0 Å². The smallest absolute Gasteiger partial charge is 0.247 e. The molecule has 0 fully saturated rings. The Hall–Kier alpha value is -2.52. The van der Waals surface area contributed by atoms with Gasteiger partial charge >= 0.3 is 0 Å². The number of methoxy groups -OCH3 is 1. The molecule has 0 saturated carbocycles. The Morgan fingerprint density at radius 1 is 1.19 bits per heavy atom. The van der Waals surface area contributed by atoms with Crippen molar-refractivity contribution in [2.75, 3.05) is 25.5 Å². The van der Waals surface area contributed by atoms with Crippen LogP contribution in [-0.2, 0) is 14.8 Å². The van der Waals surface area contributed by atoms with Crippen molar-refractivity contribution in [3.63, 3.8) is 0 Å². The van der Waals surface area contributed by atoms with Gasteiger partial charge in [0.1, 0.15) is 22.3 Å². The molecule has 0 saturated heterocycles. The molecule has 0 unspecified atom stereocenters. The predicted molar refractivity (Wildman–Crippen MR) is 92.4 cm³/mol. The van der Waals surface area contributed by atoms with Crippen LogP contribution in [0.3, 0.4) is 0 Å². The van der Waals surface area contributed by atoms with E-state index in [2.05, 4.69) is 5.32 Å². The van der Waals surface area contributed by atoms with Gasteiger partial charge in [-0.3, -0.25) is 4.79 Å². The number of ether oxygens (including phenoxy) is 1. The predicted octanol–water partition coefficient (Wildman–Crippen LogP) is 2.62. The molecule has 0 aromatic heterocycles. The van der Waals surface area contributed by atoms with Crippen molar-refractivity contribution in [1.29, 1.82) is 0 Å². The number of para-hydroxylation sites is 1. The minimum Gasteiger partial charge on any atom is -0.495 e. The van der Waals surface area contributed by atoms with Crippen LogP contribution in [-0.4, -0.2) is 38.8 Å². The van der Waals surface area contributed by atoms with Crippen LogP contribution in [0.1, 0.15) is 6.92 Å². The van der Waals surface area contributed by atoms with Crippen molar-refractivity contribution in [3.8, 4) is 5.75 Å². The lowest BCUT2D eigenvalue weighted by atomic mass is 10.3. The fraction of sp³-hybridized carbons (Fsp3) is 0.235. The van der Waals surface area contributed by atoms with Gasteiger partial charge < -0.3 is 10.1 Å². The molecule has 0 radical (unpaired) electrons. The largest absolute Gasteiger partial charge is 0.495 e. The fourth-order valence-electron chi connectivity index (χ4n) is 2.27. The number of rotatable bonds is 7. The molecule has 0 bridgehead atoms. The Bertz CT molecular complexity index is 903. The van der Waals surface area contributed by atoms with Crippen molar-refractivity contribution in [2.45, 2.75) is 11.8 Å². The molecule has 1 amide bonds. The minimum absolute atomic E-state index is 0.0423. The first-order chi connectivity index (χ1) is 12.3. The van der Waals surface area contributed by atoms with Crippen molar-refractivity contribution < 1.29 is 26.7 Å².